The maximum Gasteiger partial charge on any atom is 0.126 e. The first-order valence-electron chi connectivity index (χ1n) is 7.33. The smallest absolute Gasteiger partial charge is 0.126 e. The first-order valence-corrected chi connectivity index (χ1v) is 7.33. The molecule has 0 aliphatic rings. The number of methoxy groups -OCH3 is 1. The standard InChI is InChI=1S/C17H28FNO/c1-7-10-19-15(16(20-6)17(3,4)5)13-8-9-14(18)12(2)11-13/h8-9,11,15-16,19H,7,10H2,1-6H3. The Morgan fingerprint density at radius 2 is 1.95 bits per heavy atom. The van der Waals surface area contributed by atoms with E-state index in [-0.39, 0.29) is 23.4 Å². The predicted molar refractivity (Wildman–Crippen MR) is 82.4 cm³/mol. The minimum atomic E-state index is -0.160. The van der Waals surface area contributed by atoms with Gasteiger partial charge in [0.1, 0.15) is 5.82 Å². The van der Waals surface area contributed by atoms with Crippen molar-refractivity contribution >= 4 is 0 Å². The van der Waals surface area contributed by atoms with Gasteiger partial charge < -0.3 is 10.1 Å². The van der Waals surface area contributed by atoms with E-state index in [0.29, 0.717) is 5.56 Å². The molecule has 0 saturated carbocycles. The number of hydrogen-bond acceptors (Lipinski definition) is 2. The molecule has 0 aliphatic heterocycles. The van der Waals surface area contributed by atoms with E-state index < -0.39 is 0 Å². The number of aryl methyl sites for hydroxylation is 1. The first kappa shape index (κ1) is 17.1. The predicted octanol–water partition coefficient (Wildman–Crippen LogP) is 4.24. The summed E-state index contributed by atoms with van der Waals surface area (Å²) < 4.78 is 19.2. The Labute approximate surface area is 122 Å². The molecule has 1 N–H and O–H groups in total. The van der Waals surface area contributed by atoms with Crippen LogP contribution in [0.1, 0.15) is 51.3 Å². The van der Waals surface area contributed by atoms with Crippen molar-refractivity contribution in [3.63, 3.8) is 0 Å². The summed E-state index contributed by atoms with van der Waals surface area (Å²) in [6, 6.07) is 5.38. The van der Waals surface area contributed by atoms with Crippen LogP contribution in [0.25, 0.3) is 0 Å². The molecule has 0 radical (unpaired) electrons. The second-order valence-electron chi connectivity index (χ2n) is 6.46. The molecule has 0 amide bonds. The summed E-state index contributed by atoms with van der Waals surface area (Å²) in [5.74, 6) is -0.160. The van der Waals surface area contributed by atoms with Crippen molar-refractivity contribution in [2.75, 3.05) is 13.7 Å². The van der Waals surface area contributed by atoms with Crippen molar-refractivity contribution in [3.05, 3.63) is 35.1 Å². The van der Waals surface area contributed by atoms with Gasteiger partial charge in [0.15, 0.2) is 0 Å². The topological polar surface area (TPSA) is 21.3 Å². The lowest BCUT2D eigenvalue weighted by Crippen LogP contribution is -2.41. The molecule has 2 nitrogen and oxygen atoms in total. The average molecular weight is 281 g/mol. The number of hydrogen-bond donors (Lipinski definition) is 1. The van der Waals surface area contributed by atoms with Crippen LogP contribution in [0.3, 0.4) is 0 Å². The van der Waals surface area contributed by atoms with Crippen molar-refractivity contribution < 1.29 is 9.13 Å². The molecular formula is C17H28FNO. The van der Waals surface area contributed by atoms with Crippen molar-refractivity contribution in [1.29, 1.82) is 0 Å². The summed E-state index contributed by atoms with van der Waals surface area (Å²) in [6.07, 6.45) is 1.08. The Kier molecular flexibility index (Phi) is 6.15. The molecular weight excluding hydrogens is 253 g/mol. The summed E-state index contributed by atoms with van der Waals surface area (Å²) in [5, 5.41) is 3.54. The maximum atomic E-state index is 13.5. The number of ether oxygens (including phenoxy) is 1. The minimum absolute atomic E-state index is 0.00243. The normalized spacial score (nSPS) is 15.2. The lowest BCUT2D eigenvalue weighted by atomic mass is 9.81. The zero-order valence-corrected chi connectivity index (χ0v) is 13.6. The van der Waals surface area contributed by atoms with Crippen molar-refractivity contribution in [1.82, 2.24) is 5.32 Å². The lowest BCUT2D eigenvalue weighted by Gasteiger charge is -2.37. The van der Waals surface area contributed by atoms with Gasteiger partial charge in [-0.05, 0) is 42.5 Å². The van der Waals surface area contributed by atoms with E-state index in [1.807, 2.05) is 12.1 Å². The molecule has 2 unspecified atom stereocenters. The van der Waals surface area contributed by atoms with Crippen LogP contribution in [-0.4, -0.2) is 19.8 Å². The summed E-state index contributed by atoms with van der Waals surface area (Å²) in [5.41, 5.74) is 1.76. The Morgan fingerprint density at radius 3 is 2.40 bits per heavy atom. The molecule has 20 heavy (non-hydrogen) atoms. The van der Waals surface area contributed by atoms with Crippen LogP contribution in [0, 0.1) is 18.2 Å². The summed E-state index contributed by atoms with van der Waals surface area (Å²) >= 11 is 0. The van der Waals surface area contributed by atoms with Gasteiger partial charge in [0, 0.05) is 7.11 Å². The van der Waals surface area contributed by atoms with Crippen LogP contribution in [0.2, 0.25) is 0 Å². The lowest BCUT2D eigenvalue weighted by molar-refractivity contribution is -0.0119. The quantitative estimate of drug-likeness (QED) is 0.842. The van der Waals surface area contributed by atoms with Gasteiger partial charge in [-0.3, -0.25) is 0 Å². The third-order valence-electron chi connectivity index (χ3n) is 3.57. The maximum absolute atomic E-state index is 13.5. The highest BCUT2D eigenvalue weighted by Gasteiger charge is 2.33. The molecule has 0 heterocycles. The van der Waals surface area contributed by atoms with E-state index in [1.165, 1.54) is 0 Å². The fourth-order valence-electron chi connectivity index (χ4n) is 2.55. The average Bonchev–Trinajstić information content (AvgIpc) is 2.36. The van der Waals surface area contributed by atoms with Crippen LogP contribution < -0.4 is 5.32 Å². The van der Waals surface area contributed by atoms with E-state index in [2.05, 4.69) is 33.0 Å². The van der Waals surface area contributed by atoms with E-state index in [0.717, 1.165) is 18.5 Å². The van der Waals surface area contributed by atoms with Gasteiger partial charge in [0.2, 0.25) is 0 Å². The summed E-state index contributed by atoms with van der Waals surface area (Å²) in [7, 11) is 1.74. The highest BCUT2D eigenvalue weighted by molar-refractivity contribution is 5.27. The number of rotatable bonds is 6. The summed E-state index contributed by atoms with van der Waals surface area (Å²) in [6.45, 7) is 11.3. The number of benzene rings is 1. The molecule has 1 rings (SSSR count). The van der Waals surface area contributed by atoms with Gasteiger partial charge in [0.25, 0.3) is 0 Å². The first-order chi connectivity index (χ1) is 9.31. The van der Waals surface area contributed by atoms with E-state index >= 15 is 0 Å². The van der Waals surface area contributed by atoms with E-state index in [9.17, 15) is 4.39 Å². The highest BCUT2D eigenvalue weighted by Crippen LogP contribution is 2.33. The van der Waals surface area contributed by atoms with Crippen molar-refractivity contribution in [3.8, 4) is 0 Å². The molecule has 2 atom stereocenters. The molecule has 0 aromatic heterocycles. The molecule has 0 spiro atoms. The van der Waals surface area contributed by atoms with Crippen LogP contribution in [0.5, 0.6) is 0 Å². The molecule has 0 aliphatic carbocycles. The molecule has 3 heteroatoms. The monoisotopic (exact) mass is 281 g/mol. The van der Waals surface area contributed by atoms with Gasteiger partial charge in [-0.15, -0.1) is 0 Å². The molecule has 114 valence electrons. The van der Waals surface area contributed by atoms with Crippen molar-refractivity contribution in [2.24, 2.45) is 5.41 Å². The van der Waals surface area contributed by atoms with Gasteiger partial charge in [0.05, 0.1) is 12.1 Å². The summed E-state index contributed by atoms with van der Waals surface area (Å²) in [4.78, 5) is 0. The Morgan fingerprint density at radius 1 is 1.30 bits per heavy atom. The minimum Gasteiger partial charge on any atom is -0.379 e. The Balaban J connectivity index is 3.12. The molecule has 0 fully saturated rings. The third kappa shape index (κ3) is 4.29. The molecule has 1 aromatic carbocycles. The molecule has 1 aromatic rings. The van der Waals surface area contributed by atoms with Crippen LogP contribution in [-0.2, 0) is 4.74 Å². The van der Waals surface area contributed by atoms with Gasteiger partial charge in [-0.25, -0.2) is 4.39 Å². The fraction of sp³-hybridized carbons (Fsp3) is 0.647. The zero-order chi connectivity index (χ0) is 15.3. The number of halogens is 1. The van der Waals surface area contributed by atoms with Crippen molar-refractivity contribution in [2.45, 2.75) is 53.2 Å². The second-order valence-corrected chi connectivity index (χ2v) is 6.46. The van der Waals surface area contributed by atoms with Gasteiger partial charge in [-0.1, -0.05) is 39.8 Å². The largest absolute Gasteiger partial charge is 0.379 e. The van der Waals surface area contributed by atoms with Gasteiger partial charge >= 0.3 is 0 Å². The Bertz CT molecular complexity index is 425. The highest BCUT2D eigenvalue weighted by atomic mass is 19.1. The SMILES string of the molecule is CCCNC(c1ccc(F)c(C)c1)C(OC)C(C)(C)C. The third-order valence-corrected chi connectivity index (χ3v) is 3.57. The van der Waals surface area contributed by atoms with Crippen LogP contribution >= 0.6 is 0 Å². The zero-order valence-electron chi connectivity index (χ0n) is 13.6. The fourth-order valence-corrected chi connectivity index (χ4v) is 2.55. The van der Waals surface area contributed by atoms with E-state index in [1.54, 1.807) is 20.1 Å². The Hall–Kier alpha value is -0.930. The van der Waals surface area contributed by atoms with Crippen LogP contribution in [0.15, 0.2) is 18.2 Å². The number of nitrogens with one attached hydrogen (secondary N) is 1. The van der Waals surface area contributed by atoms with Gasteiger partial charge in [-0.2, -0.15) is 0 Å². The molecule has 0 saturated heterocycles. The van der Waals surface area contributed by atoms with E-state index in [4.69, 9.17) is 4.74 Å². The second kappa shape index (κ2) is 7.19. The van der Waals surface area contributed by atoms with Crippen LogP contribution in [0.4, 0.5) is 4.39 Å². The molecule has 0 bridgehead atoms.